The van der Waals surface area contributed by atoms with Crippen molar-refractivity contribution in [2.45, 2.75) is 6.54 Å². The largest absolute Gasteiger partial charge is 0.232 e. The molecule has 0 atom stereocenters. The van der Waals surface area contributed by atoms with Gasteiger partial charge in [0.2, 0.25) is 5.65 Å². The zero-order valence-electron chi connectivity index (χ0n) is 9.17. The average Bonchev–Trinajstić information content (AvgIpc) is 2.69. The van der Waals surface area contributed by atoms with Crippen LogP contribution in [0.3, 0.4) is 0 Å². The van der Waals surface area contributed by atoms with Crippen LogP contribution in [0, 0.1) is 0 Å². The van der Waals surface area contributed by atoms with Crippen molar-refractivity contribution in [1.29, 1.82) is 0 Å². The summed E-state index contributed by atoms with van der Waals surface area (Å²) in [5.74, 6) is 0. The highest BCUT2D eigenvalue weighted by atomic mass is 79.9. The van der Waals surface area contributed by atoms with E-state index in [1.165, 1.54) is 0 Å². The molecule has 0 saturated carbocycles. The summed E-state index contributed by atoms with van der Waals surface area (Å²) in [7, 11) is 0. The molecule has 0 aliphatic rings. The minimum atomic E-state index is 0.559. The van der Waals surface area contributed by atoms with Gasteiger partial charge in [0.25, 0.3) is 0 Å². The van der Waals surface area contributed by atoms with Gasteiger partial charge in [-0.15, -0.1) is 5.10 Å². The highest BCUT2D eigenvalue weighted by Gasteiger charge is 2.04. The van der Waals surface area contributed by atoms with Gasteiger partial charge in [0.05, 0.1) is 6.54 Å². The Morgan fingerprint density at radius 1 is 1.41 bits per heavy atom. The van der Waals surface area contributed by atoms with Gasteiger partial charge in [-0.3, -0.25) is 0 Å². The third kappa shape index (κ3) is 2.68. The normalized spacial score (nSPS) is 11.7. The van der Waals surface area contributed by atoms with E-state index >= 15 is 0 Å². The molecule has 0 N–H and O–H groups in total. The van der Waals surface area contributed by atoms with E-state index in [-0.39, 0.29) is 0 Å². The van der Waals surface area contributed by atoms with Crippen molar-refractivity contribution in [3.63, 3.8) is 0 Å². The first-order valence-corrected chi connectivity index (χ1v) is 5.82. The summed E-state index contributed by atoms with van der Waals surface area (Å²) in [6, 6.07) is 1.89. The van der Waals surface area contributed by atoms with Crippen molar-refractivity contribution in [2.75, 3.05) is 0 Å². The van der Waals surface area contributed by atoms with Gasteiger partial charge in [-0.2, -0.15) is 9.90 Å². The summed E-state index contributed by atoms with van der Waals surface area (Å²) < 4.78 is 0.891. The third-order valence-electron chi connectivity index (χ3n) is 2.17. The highest BCUT2D eigenvalue weighted by molar-refractivity contribution is 9.10. The van der Waals surface area contributed by atoms with Gasteiger partial charge in [0.15, 0.2) is 0 Å². The third-order valence-corrected chi connectivity index (χ3v) is 2.60. The van der Waals surface area contributed by atoms with Crippen molar-refractivity contribution in [3.8, 4) is 0 Å². The van der Waals surface area contributed by atoms with Gasteiger partial charge in [-0.25, -0.2) is 4.98 Å². The van der Waals surface area contributed by atoms with Crippen LogP contribution in [0.15, 0.2) is 53.7 Å². The minimum absolute atomic E-state index is 0.559. The minimum Gasteiger partial charge on any atom is -0.232 e. The molecule has 0 aliphatic heterocycles. The first kappa shape index (κ1) is 11.7. The van der Waals surface area contributed by atoms with E-state index < -0.39 is 0 Å². The number of aromatic nitrogens is 4. The number of halogens is 1. The fourth-order valence-corrected chi connectivity index (χ4v) is 1.72. The maximum absolute atomic E-state index is 4.33. The highest BCUT2D eigenvalue weighted by Crippen LogP contribution is 2.13. The summed E-state index contributed by atoms with van der Waals surface area (Å²) >= 11 is 3.35. The predicted octanol–water partition coefficient (Wildman–Crippen LogP) is 2.89. The molecule has 0 radical (unpaired) electrons. The Kier molecular flexibility index (Phi) is 3.49. The molecule has 4 nitrogen and oxygen atoms in total. The van der Waals surface area contributed by atoms with Crippen LogP contribution >= 0.6 is 15.9 Å². The summed E-state index contributed by atoms with van der Waals surface area (Å²) in [4.78, 5) is 5.77. The fourth-order valence-electron chi connectivity index (χ4n) is 1.40. The Morgan fingerprint density at radius 3 is 2.94 bits per heavy atom. The molecule has 0 amide bonds. The lowest BCUT2D eigenvalue weighted by molar-refractivity contribution is 0.599. The zero-order chi connectivity index (χ0) is 12.3. The van der Waals surface area contributed by atoms with E-state index in [0.717, 1.165) is 15.6 Å². The number of hydrogen-bond acceptors (Lipinski definition) is 3. The molecule has 5 heteroatoms. The van der Waals surface area contributed by atoms with Gasteiger partial charge in [-0.1, -0.05) is 31.4 Å². The molecule has 2 aromatic rings. The maximum atomic E-state index is 4.33. The van der Waals surface area contributed by atoms with E-state index in [0.29, 0.717) is 12.2 Å². The standard InChI is InChI=1S/C12H11BrN4/c1-3-5-9(4-2)8-17-15-11-6-10(13)7-14-12(11)16-17/h3-7H,1-2,8H2/b9-5+. The lowest BCUT2D eigenvalue weighted by atomic mass is 10.2. The molecular formula is C12H11BrN4. The van der Waals surface area contributed by atoms with Gasteiger partial charge in [-0.05, 0) is 27.6 Å². The maximum Gasteiger partial charge on any atom is 0.201 e. The summed E-state index contributed by atoms with van der Waals surface area (Å²) in [5, 5.41) is 8.61. The Labute approximate surface area is 107 Å². The smallest absolute Gasteiger partial charge is 0.201 e. The quantitative estimate of drug-likeness (QED) is 0.813. The second-order valence-electron chi connectivity index (χ2n) is 3.41. The second-order valence-corrected chi connectivity index (χ2v) is 4.32. The van der Waals surface area contributed by atoms with Crippen LogP contribution in [0.25, 0.3) is 11.2 Å². The van der Waals surface area contributed by atoms with Gasteiger partial charge in [0.1, 0.15) is 5.52 Å². The van der Waals surface area contributed by atoms with Crippen molar-refractivity contribution in [2.24, 2.45) is 0 Å². The van der Waals surface area contributed by atoms with Crippen LogP contribution in [-0.2, 0) is 6.54 Å². The van der Waals surface area contributed by atoms with Crippen molar-refractivity contribution in [3.05, 3.63) is 53.7 Å². The monoisotopic (exact) mass is 290 g/mol. The van der Waals surface area contributed by atoms with E-state index in [1.807, 2.05) is 12.1 Å². The Bertz CT molecular complexity index is 598. The zero-order valence-corrected chi connectivity index (χ0v) is 10.8. The molecule has 17 heavy (non-hydrogen) atoms. The van der Waals surface area contributed by atoms with Gasteiger partial charge < -0.3 is 0 Å². The van der Waals surface area contributed by atoms with Crippen molar-refractivity contribution >= 4 is 27.1 Å². The van der Waals surface area contributed by atoms with E-state index in [9.17, 15) is 0 Å². The average molecular weight is 291 g/mol. The van der Waals surface area contributed by atoms with Crippen LogP contribution in [0.1, 0.15) is 0 Å². The number of allylic oxidation sites excluding steroid dienone is 4. The molecule has 0 spiro atoms. The van der Waals surface area contributed by atoms with Gasteiger partial charge >= 0.3 is 0 Å². The molecule has 0 aliphatic carbocycles. The number of hydrogen-bond donors (Lipinski definition) is 0. The van der Waals surface area contributed by atoms with E-state index in [1.54, 1.807) is 23.1 Å². The van der Waals surface area contributed by atoms with E-state index in [4.69, 9.17) is 0 Å². The summed E-state index contributed by atoms with van der Waals surface area (Å²) in [5.41, 5.74) is 2.40. The molecule has 2 rings (SSSR count). The lowest BCUT2D eigenvalue weighted by Crippen LogP contribution is -2.03. The number of nitrogens with zero attached hydrogens (tertiary/aromatic N) is 4. The predicted molar refractivity (Wildman–Crippen MR) is 71.5 cm³/mol. The second kappa shape index (κ2) is 5.05. The Balaban J connectivity index is 2.33. The summed E-state index contributed by atoms with van der Waals surface area (Å²) in [6.07, 6.45) is 7.06. The molecule has 86 valence electrons. The van der Waals surface area contributed by atoms with Crippen molar-refractivity contribution < 1.29 is 0 Å². The molecular weight excluding hydrogens is 280 g/mol. The fraction of sp³-hybridized carbons (Fsp3) is 0.0833. The lowest BCUT2D eigenvalue weighted by Gasteiger charge is -1.98. The van der Waals surface area contributed by atoms with Crippen LogP contribution in [0.5, 0.6) is 0 Å². The number of pyridine rings is 1. The van der Waals surface area contributed by atoms with E-state index in [2.05, 4.69) is 44.3 Å². The number of fused-ring (bicyclic) bond motifs is 1. The molecule has 2 aromatic heterocycles. The molecule has 2 heterocycles. The van der Waals surface area contributed by atoms with Crippen LogP contribution in [0.4, 0.5) is 0 Å². The summed E-state index contributed by atoms with van der Waals surface area (Å²) in [6.45, 7) is 7.95. The Morgan fingerprint density at radius 2 is 2.24 bits per heavy atom. The molecule has 0 saturated heterocycles. The number of rotatable bonds is 4. The van der Waals surface area contributed by atoms with Gasteiger partial charge in [0, 0.05) is 10.7 Å². The van der Waals surface area contributed by atoms with Crippen molar-refractivity contribution in [1.82, 2.24) is 20.0 Å². The molecule has 0 unspecified atom stereocenters. The molecule has 0 fully saturated rings. The van der Waals surface area contributed by atoms with Crippen LogP contribution < -0.4 is 0 Å². The van der Waals surface area contributed by atoms with Crippen LogP contribution in [-0.4, -0.2) is 20.0 Å². The molecule has 0 aromatic carbocycles. The van der Waals surface area contributed by atoms with Crippen LogP contribution in [0.2, 0.25) is 0 Å². The topological polar surface area (TPSA) is 43.6 Å². The molecule has 0 bridgehead atoms. The first-order valence-electron chi connectivity index (χ1n) is 5.03. The SMILES string of the molecule is C=C/C=C(\C=C)Cn1nc2cc(Br)cnc2n1. The Hall–Kier alpha value is -1.75. The first-order chi connectivity index (χ1) is 8.22.